The largest absolute Gasteiger partial charge is 0.363 e. The van der Waals surface area contributed by atoms with Crippen molar-refractivity contribution in [3.63, 3.8) is 0 Å². The molecule has 0 saturated carbocycles. The van der Waals surface area contributed by atoms with Crippen LogP contribution >= 0.6 is 0 Å². The minimum atomic E-state index is 0.856. The summed E-state index contributed by atoms with van der Waals surface area (Å²) >= 11 is 0. The van der Waals surface area contributed by atoms with Gasteiger partial charge in [0.15, 0.2) is 0 Å². The average Bonchev–Trinajstić information content (AvgIpc) is 2.56. The van der Waals surface area contributed by atoms with Gasteiger partial charge in [-0.1, -0.05) is 0 Å². The summed E-state index contributed by atoms with van der Waals surface area (Å²) in [7, 11) is 3.98. The van der Waals surface area contributed by atoms with Crippen LogP contribution in [0.1, 0.15) is 5.69 Å². The standard InChI is InChI=1S/C15H21N7/c1-20(2)14-9-15(19-12-18-14)22-7-5-21(6-8-22)11-13-10-16-3-4-17-13/h3-4,9-10,12H,5-8,11H2,1-2H3. The molecule has 1 aliphatic heterocycles. The fraction of sp³-hybridized carbons (Fsp3) is 0.467. The van der Waals surface area contributed by atoms with Crippen LogP contribution in [0, 0.1) is 0 Å². The molecule has 2 aromatic rings. The fourth-order valence-electron chi connectivity index (χ4n) is 2.53. The van der Waals surface area contributed by atoms with Crippen LogP contribution in [0.25, 0.3) is 0 Å². The number of piperazine rings is 1. The van der Waals surface area contributed by atoms with Crippen molar-refractivity contribution in [3.05, 3.63) is 36.7 Å². The van der Waals surface area contributed by atoms with E-state index in [9.17, 15) is 0 Å². The first kappa shape index (κ1) is 14.6. The average molecular weight is 299 g/mol. The Morgan fingerprint density at radius 1 is 1.05 bits per heavy atom. The molecule has 0 radical (unpaired) electrons. The highest BCUT2D eigenvalue weighted by atomic mass is 15.3. The van der Waals surface area contributed by atoms with Gasteiger partial charge in [0.2, 0.25) is 0 Å². The summed E-state index contributed by atoms with van der Waals surface area (Å²) in [6.45, 7) is 4.78. The van der Waals surface area contributed by atoms with Crippen molar-refractivity contribution in [1.29, 1.82) is 0 Å². The van der Waals surface area contributed by atoms with Gasteiger partial charge in [0.05, 0.1) is 5.69 Å². The van der Waals surface area contributed by atoms with Gasteiger partial charge >= 0.3 is 0 Å². The summed E-state index contributed by atoms with van der Waals surface area (Å²) in [5.41, 5.74) is 1.02. The quantitative estimate of drug-likeness (QED) is 0.821. The molecule has 3 heterocycles. The molecule has 116 valence electrons. The minimum Gasteiger partial charge on any atom is -0.363 e. The molecule has 7 heteroatoms. The van der Waals surface area contributed by atoms with Crippen LogP contribution < -0.4 is 9.80 Å². The second kappa shape index (κ2) is 6.65. The monoisotopic (exact) mass is 299 g/mol. The molecule has 1 aliphatic rings. The number of nitrogens with zero attached hydrogens (tertiary/aromatic N) is 7. The van der Waals surface area contributed by atoms with Gasteiger partial charge in [-0.2, -0.15) is 0 Å². The Balaban J connectivity index is 1.58. The molecule has 0 N–H and O–H groups in total. The van der Waals surface area contributed by atoms with E-state index in [2.05, 4.69) is 29.7 Å². The second-order valence-electron chi connectivity index (χ2n) is 5.59. The maximum atomic E-state index is 4.40. The van der Waals surface area contributed by atoms with Crippen molar-refractivity contribution >= 4 is 11.6 Å². The highest BCUT2D eigenvalue weighted by Crippen LogP contribution is 2.18. The van der Waals surface area contributed by atoms with E-state index in [1.165, 1.54) is 0 Å². The Morgan fingerprint density at radius 3 is 2.55 bits per heavy atom. The fourth-order valence-corrected chi connectivity index (χ4v) is 2.53. The van der Waals surface area contributed by atoms with Gasteiger partial charge < -0.3 is 9.80 Å². The number of aromatic nitrogens is 4. The summed E-state index contributed by atoms with van der Waals surface area (Å²) in [6, 6.07) is 2.04. The van der Waals surface area contributed by atoms with E-state index in [-0.39, 0.29) is 0 Å². The predicted molar refractivity (Wildman–Crippen MR) is 85.9 cm³/mol. The Morgan fingerprint density at radius 2 is 1.86 bits per heavy atom. The van der Waals surface area contributed by atoms with Crippen LogP contribution in [-0.2, 0) is 6.54 Å². The van der Waals surface area contributed by atoms with Crippen LogP contribution in [0.15, 0.2) is 31.0 Å². The molecule has 1 fully saturated rings. The van der Waals surface area contributed by atoms with Gasteiger partial charge in [0.25, 0.3) is 0 Å². The SMILES string of the molecule is CN(C)c1cc(N2CCN(Cc3cnccn3)CC2)ncn1. The van der Waals surface area contributed by atoms with E-state index >= 15 is 0 Å². The zero-order valence-corrected chi connectivity index (χ0v) is 13.1. The lowest BCUT2D eigenvalue weighted by Gasteiger charge is -2.35. The lowest BCUT2D eigenvalue weighted by Crippen LogP contribution is -2.46. The van der Waals surface area contributed by atoms with E-state index in [0.29, 0.717) is 0 Å². The molecular formula is C15H21N7. The lowest BCUT2D eigenvalue weighted by atomic mass is 10.3. The molecule has 0 aliphatic carbocycles. The van der Waals surface area contributed by atoms with Crippen molar-refractivity contribution in [1.82, 2.24) is 24.8 Å². The van der Waals surface area contributed by atoms with Crippen LogP contribution in [0.5, 0.6) is 0 Å². The zero-order chi connectivity index (χ0) is 15.4. The zero-order valence-electron chi connectivity index (χ0n) is 13.1. The van der Waals surface area contributed by atoms with E-state index < -0.39 is 0 Å². The Bertz CT molecular complexity index is 594. The molecule has 0 amide bonds. The first-order valence-corrected chi connectivity index (χ1v) is 7.44. The summed E-state index contributed by atoms with van der Waals surface area (Å²) in [6.07, 6.45) is 6.92. The first-order chi connectivity index (χ1) is 10.7. The molecule has 0 atom stereocenters. The van der Waals surface area contributed by atoms with Crippen LogP contribution in [0.4, 0.5) is 11.6 Å². The third kappa shape index (κ3) is 3.48. The van der Waals surface area contributed by atoms with Crippen molar-refractivity contribution in [2.75, 3.05) is 50.1 Å². The molecule has 0 spiro atoms. The molecule has 0 bridgehead atoms. The summed E-state index contributed by atoms with van der Waals surface area (Å²) < 4.78 is 0. The Kier molecular flexibility index (Phi) is 4.43. The number of rotatable bonds is 4. The summed E-state index contributed by atoms with van der Waals surface area (Å²) in [4.78, 5) is 23.8. The lowest BCUT2D eigenvalue weighted by molar-refractivity contribution is 0.246. The van der Waals surface area contributed by atoms with Gasteiger partial charge in [-0.15, -0.1) is 0 Å². The van der Waals surface area contributed by atoms with Crippen molar-refractivity contribution in [3.8, 4) is 0 Å². The molecule has 0 unspecified atom stereocenters. The van der Waals surface area contributed by atoms with Gasteiger partial charge in [0, 0.05) is 71.5 Å². The topological polar surface area (TPSA) is 61.3 Å². The van der Waals surface area contributed by atoms with E-state index in [1.807, 2.05) is 31.3 Å². The van der Waals surface area contributed by atoms with Crippen molar-refractivity contribution in [2.24, 2.45) is 0 Å². The van der Waals surface area contributed by atoms with E-state index in [0.717, 1.165) is 50.1 Å². The van der Waals surface area contributed by atoms with Crippen molar-refractivity contribution in [2.45, 2.75) is 6.54 Å². The molecule has 1 saturated heterocycles. The number of hydrogen-bond acceptors (Lipinski definition) is 7. The molecule has 7 nitrogen and oxygen atoms in total. The normalized spacial score (nSPS) is 15.8. The second-order valence-corrected chi connectivity index (χ2v) is 5.59. The van der Waals surface area contributed by atoms with Crippen LogP contribution in [-0.4, -0.2) is 65.1 Å². The van der Waals surface area contributed by atoms with Crippen LogP contribution in [0.3, 0.4) is 0 Å². The molecule has 2 aromatic heterocycles. The van der Waals surface area contributed by atoms with Crippen LogP contribution in [0.2, 0.25) is 0 Å². The predicted octanol–water partition coefficient (Wildman–Crippen LogP) is 0.655. The maximum Gasteiger partial charge on any atom is 0.134 e. The molecule has 3 rings (SSSR count). The molecule has 0 aromatic carbocycles. The summed E-state index contributed by atoms with van der Waals surface area (Å²) in [5.74, 6) is 1.94. The minimum absolute atomic E-state index is 0.856. The van der Waals surface area contributed by atoms with E-state index in [1.54, 1.807) is 18.7 Å². The van der Waals surface area contributed by atoms with Crippen molar-refractivity contribution < 1.29 is 0 Å². The highest BCUT2D eigenvalue weighted by Gasteiger charge is 2.19. The Hall–Kier alpha value is -2.28. The molecule has 22 heavy (non-hydrogen) atoms. The van der Waals surface area contributed by atoms with Gasteiger partial charge in [0.1, 0.15) is 18.0 Å². The number of anilines is 2. The highest BCUT2D eigenvalue weighted by molar-refractivity contribution is 5.49. The molecular weight excluding hydrogens is 278 g/mol. The van der Waals surface area contributed by atoms with Gasteiger partial charge in [-0.05, 0) is 0 Å². The third-order valence-corrected chi connectivity index (χ3v) is 3.79. The number of hydrogen-bond donors (Lipinski definition) is 0. The third-order valence-electron chi connectivity index (χ3n) is 3.79. The summed E-state index contributed by atoms with van der Waals surface area (Å²) in [5, 5.41) is 0. The maximum absolute atomic E-state index is 4.40. The van der Waals surface area contributed by atoms with Gasteiger partial charge in [-0.25, -0.2) is 9.97 Å². The Labute approximate surface area is 130 Å². The smallest absolute Gasteiger partial charge is 0.134 e. The van der Waals surface area contributed by atoms with E-state index in [4.69, 9.17) is 0 Å². The van der Waals surface area contributed by atoms with Gasteiger partial charge in [-0.3, -0.25) is 14.9 Å². The first-order valence-electron chi connectivity index (χ1n) is 7.44.